The zero-order chi connectivity index (χ0) is 32.0. The summed E-state index contributed by atoms with van der Waals surface area (Å²) in [5.74, 6) is -0.310. The van der Waals surface area contributed by atoms with Crippen LogP contribution in [0, 0.1) is 0 Å². The summed E-state index contributed by atoms with van der Waals surface area (Å²) in [5.41, 5.74) is 7.36. The van der Waals surface area contributed by atoms with E-state index in [2.05, 4.69) is 108 Å². The molecule has 0 aliphatic carbocycles. The van der Waals surface area contributed by atoms with Crippen LogP contribution in [0.15, 0.2) is 142 Å². The van der Waals surface area contributed by atoms with Gasteiger partial charge in [-0.25, -0.2) is 0 Å². The molecule has 2 heteroatoms. The second-order valence-electron chi connectivity index (χ2n) is 11.8. The molecule has 0 spiro atoms. The van der Waals surface area contributed by atoms with Gasteiger partial charge in [0.2, 0.25) is 0 Å². The van der Waals surface area contributed by atoms with Crippen molar-refractivity contribution in [3.05, 3.63) is 142 Å². The van der Waals surface area contributed by atoms with Gasteiger partial charge in [-0.1, -0.05) is 136 Å². The minimum atomic E-state index is -1.34. The first-order valence-corrected chi connectivity index (χ1v) is 15.0. The van der Waals surface area contributed by atoms with Crippen molar-refractivity contribution in [2.75, 3.05) is 0 Å². The van der Waals surface area contributed by atoms with Crippen molar-refractivity contribution in [2.45, 2.75) is 101 Å². The third-order valence-corrected chi connectivity index (χ3v) is 6.23. The van der Waals surface area contributed by atoms with Crippen LogP contribution in [-0.4, -0.2) is 16.5 Å². The number of allylic oxidation sites excluding steroid dienone is 23. The Morgan fingerprint density at radius 2 is 0.929 bits per heavy atom. The zero-order valence-electron chi connectivity index (χ0n) is 28.0. The lowest BCUT2D eigenvalue weighted by atomic mass is 10.0. The monoisotopic (exact) mass is 568 g/mol. The molecule has 0 fully saturated rings. The molecule has 0 aromatic rings. The summed E-state index contributed by atoms with van der Waals surface area (Å²) < 4.78 is 0. The quantitative estimate of drug-likeness (QED) is 0.108. The van der Waals surface area contributed by atoms with Gasteiger partial charge >= 0.3 is 0 Å². The minimum absolute atomic E-state index is 0.310. The Bertz CT molecular complexity index is 1210. The Hall–Kier alpha value is -3.49. The highest BCUT2D eigenvalue weighted by Crippen LogP contribution is 2.12. The van der Waals surface area contributed by atoms with Crippen LogP contribution in [0.2, 0.25) is 0 Å². The summed E-state index contributed by atoms with van der Waals surface area (Å²) in [6.07, 6.45) is 39.2. The first kappa shape index (κ1) is 38.5. The molecule has 0 saturated heterocycles. The van der Waals surface area contributed by atoms with Crippen LogP contribution in [0.4, 0.5) is 0 Å². The van der Waals surface area contributed by atoms with E-state index >= 15 is 0 Å². The molecule has 0 aliphatic rings. The Morgan fingerprint density at radius 1 is 0.524 bits per heavy atom. The van der Waals surface area contributed by atoms with E-state index < -0.39 is 5.60 Å². The molecule has 0 saturated carbocycles. The fourth-order valence-electron chi connectivity index (χ4n) is 3.44. The number of hydrogen-bond acceptors (Lipinski definition) is 2. The highest BCUT2D eigenvalue weighted by atomic mass is 16.3. The van der Waals surface area contributed by atoms with Crippen molar-refractivity contribution in [1.29, 1.82) is 0 Å². The van der Waals surface area contributed by atoms with E-state index in [0.29, 0.717) is 0 Å². The first-order valence-electron chi connectivity index (χ1n) is 15.0. The van der Waals surface area contributed by atoms with Gasteiger partial charge in [0.1, 0.15) is 5.60 Å². The van der Waals surface area contributed by atoms with Crippen LogP contribution >= 0.6 is 0 Å². The van der Waals surface area contributed by atoms with Crippen molar-refractivity contribution in [3.63, 3.8) is 0 Å². The average molecular weight is 569 g/mol. The molecule has 0 bridgehead atoms. The van der Waals surface area contributed by atoms with Crippen LogP contribution in [0.1, 0.15) is 94.9 Å². The van der Waals surface area contributed by atoms with E-state index in [1.807, 2.05) is 38.2 Å². The Labute approximate surface area is 258 Å². The van der Waals surface area contributed by atoms with E-state index in [1.54, 1.807) is 6.08 Å². The minimum Gasteiger partial charge on any atom is -0.382 e. The predicted octanol–water partition coefficient (Wildman–Crippen LogP) is 11.3. The van der Waals surface area contributed by atoms with Gasteiger partial charge in [-0.05, 0) is 101 Å². The number of aliphatic hydroxyl groups is 1. The van der Waals surface area contributed by atoms with Crippen LogP contribution in [0.3, 0.4) is 0 Å². The molecule has 0 aliphatic heterocycles. The Morgan fingerprint density at radius 3 is 1.40 bits per heavy atom. The van der Waals surface area contributed by atoms with Crippen molar-refractivity contribution >= 4 is 5.78 Å². The molecule has 0 heterocycles. The van der Waals surface area contributed by atoms with Crippen LogP contribution < -0.4 is 0 Å². The zero-order valence-corrected chi connectivity index (χ0v) is 28.0. The van der Waals surface area contributed by atoms with E-state index in [4.69, 9.17) is 0 Å². The topological polar surface area (TPSA) is 37.3 Å². The van der Waals surface area contributed by atoms with Crippen LogP contribution in [0.5, 0.6) is 0 Å². The molecule has 2 nitrogen and oxygen atoms in total. The van der Waals surface area contributed by atoms with Crippen molar-refractivity contribution < 1.29 is 9.90 Å². The van der Waals surface area contributed by atoms with Gasteiger partial charge in [0.05, 0.1) is 0 Å². The van der Waals surface area contributed by atoms with Gasteiger partial charge in [-0.2, -0.15) is 0 Å². The molecule has 1 N–H and O–H groups in total. The molecule has 0 aromatic carbocycles. The van der Waals surface area contributed by atoms with E-state index in [9.17, 15) is 9.90 Å². The molecular weight excluding hydrogens is 512 g/mol. The maximum Gasteiger partial charge on any atom is 0.186 e. The number of ketones is 1. The Kier molecular flexibility index (Phi) is 20.3. The predicted molar refractivity (Wildman–Crippen MR) is 187 cm³/mol. The summed E-state index contributed by atoms with van der Waals surface area (Å²) in [7, 11) is 0. The summed E-state index contributed by atoms with van der Waals surface area (Å²) in [6, 6.07) is 0. The maximum absolute atomic E-state index is 11.8. The van der Waals surface area contributed by atoms with Crippen LogP contribution in [-0.2, 0) is 4.79 Å². The van der Waals surface area contributed by atoms with Crippen molar-refractivity contribution in [3.8, 4) is 0 Å². The van der Waals surface area contributed by atoms with E-state index in [-0.39, 0.29) is 5.78 Å². The van der Waals surface area contributed by atoms with Gasteiger partial charge in [-0.3, -0.25) is 4.79 Å². The SMILES string of the molecule is CC(C)=CCC/C(C)=C/CC/C(C)=C/C=C/C(C)=C/C=C/C=C(C)/C=C/C=C(C)/C=C/C=C(C)/C=C/C(=O)C(C)(C)O. The van der Waals surface area contributed by atoms with Gasteiger partial charge in [0.15, 0.2) is 5.78 Å². The molecule has 0 aromatic heterocycles. The van der Waals surface area contributed by atoms with Gasteiger partial charge < -0.3 is 5.11 Å². The number of rotatable bonds is 17. The lowest BCUT2D eigenvalue weighted by Crippen LogP contribution is -2.29. The van der Waals surface area contributed by atoms with Crippen LogP contribution in [0.25, 0.3) is 0 Å². The fourth-order valence-corrected chi connectivity index (χ4v) is 3.44. The summed E-state index contributed by atoms with van der Waals surface area (Å²) in [4.78, 5) is 11.8. The third kappa shape index (κ3) is 23.2. The fraction of sp³-hybridized carbons (Fsp3) is 0.375. The van der Waals surface area contributed by atoms with E-state index in [1.165, 1.54) is 42.2 Å². The summed E-state index contributed by atoms with van der Waals surface area (Å²) in [5, 5.41) is 9.69. The molecule has 0 radical (unpaired) electrons. The highest BCUT2D eigenvalue weighted by Gasteiger charge is 2.20. The largest absolute Gasteiger partial charge is 0.382 e. The summed E-state index contributed by atoms with van der Waals surface area (Å²) >= 11 is 0. The third-order valence-electron chi connectivity index (χ3n) is 6.23. The molecule has 0 amide bonds. The van der Waals surface area contributed by atoms with Gasteiger partial charge in [0, 0.05) is 0 Å². The first-order chi connectivity index (χ1) is 19.7. The lowest BCUT2D eigenvalue weighted by molar-refractivity contribution is -0.128. The highest BCUT2D eigenvalue weighted by molar-refractivity contribution is 5.96. The Balaban J connectivity index is 4.71. The molecule has 0 unspecified atom stereocenters. The summed E-state index contributed by atoms with van der Waals surface area (Å²) in [6.45, 7) is 19.9. The van der Waals surface area contributed by atoms with Crippen molar-refractivity contribution in [2.24, 2.45) is 0 Å². The molecule has 0 atom stereocenters. The smallest absolute Gasteiger partial charge is 0.186 e. The average Bonchev–Trinajstić information content (AvgIpc) is 2.89. The lowest BCUT2D eigenvalue weighted by Gasteiger charge is -2.11. The van der Waals surface area contributed by atoms with Gasteiger partial charge in [-0.15, -0.1) is 0 Å². The normalized spacial score (nSPS) is 15.4. The number of hydrogen-bond donors (Lipinski definition) is 1. The van der Waals surface area contributed by atoms with E-state index in [0.717, 1.165) is 42.4 Å². The molecule has 228 valence electrons. The van der Waals surface area contributed by atoms with Crippen molar-refractivity contribution in [1.82, 2.24) is 0 Å². The second-order valence-corrected chi connectivity index (χ2v) is 11.8. The molecule has 42 heavy (non-hydrogen) atoms. The number of carbonyl (C=O) groups excluding carboxylic acids is 1. The number of carbonyl (C=O) groups is 1. The maximum atomic E-state index is 11.8. The second kappa shape index (κ2) is 22.2. The molecule has 0 rings (SSSR count). The standard InChI is InChI=1S/C40H56O2/c1-32(2)18-13-21-35(5)24-16-27-36(6)25-14-22-33(3)19-11-12-20-34(4)23-15-26-37(7)28-17-29-38(8)30-31-39(41)40(9,10)42/h11-12,14-15,17-20,22-26,28-31,42H,13,16,21,27H2,1-10H3/b12-11+,22-14+,23-15+,28-17+,31-30+,33-19+,34-20+,35-24+,36-25+,37-26+,38-29+. The van der Waals surface area contributed by atoms with Gasteiger partial charge in [0.25, 0.3) is 0 Å². The molecular formula is C40H56O2.